The van der Waals surface area contributed by atoms with Crippen molar-refractivity contribution in [3.63, 3.8) is 0 Å². The fraction of sp³-hybridized carbons (Fsp3) is 0.321. The molecule has 0 saturated heterocycles. The van der Waals surface area contributed by atoms with Gasteiger partial charge in [0.05, 0.1) is 10.5 Å². The molecule has 0 heterocycles. The average Bonchev–Trinajstić information content (AvgIpc) is 2.92. The Morgan fingerprint density at radius 3 is 2.19 bits per heavy atom. The second-order valence-electron chi connectivity index (χ2n) is 9.02. The highest BCUT2D eigenvalue weighted by Crippen LogP contribution is 2.53. The van der Waals surface area contributed by atoms with Gasteiger partial charge in [0.15, 0.2) is 0 Å². The monoisotopic (exact) mass is 616 g/mol. The number of alkyl halides is 6. The van der Waals surface area contributed by atoms with Crippen molar-refractivity contribution in [3.05, 3.63) is 93.5 Å². The lowest BCUT2D eigenvalue weighted by Gasteiger charge is -2.37. The van der Waals surface area contributed by atoms with Gasteiger partial charge in [-0.2, -0.15) is 26.3 Å². The van der Waals surface area contributed by atoms with E-state index < -0.39 is 53.6 Å². The third-order valence-corrected chi connectivity index (χ3v) is 6.03. The van der Waals surface area contributed by atoms with Crippen LogP contribution in [0, 0.1) is 10.1 Å². The standard InChI is InChI=1S/C28H26F6N2O7/c1-3-7-18-14-20(26(27(29,30)31,28(32,33)34)42-17-40-2)10-13-24(18)43-22-11-12-23(36(38)39)19(15-22)16-41-25(37)35-21-8-5-4-6-9-21/h4-6,8-15H,3,7,16-17H2,1-2H3,(H,35,37). The summed E-state index contributed by atoms with van der Waals surface area (Å²) in [6, 6.07) is 13.9. The van der Waals surface area contributed by atoms with E-state index in [1.165, 1.54) is 12.1 Å². The molecule has 1 N–H and O–H groups in total. The van der Waals surface area contributed by atoms with Crippen LogP contribution in [0.1, 0.15) is 30.0 Å². The molecule has 43 heavy (non-hydrogen) atoms. The number of hydrogen-bond donors (Lipinski definition) is 1. The van der Waals surface area contributed by atoms with Gasteiger partial charge in [-0.15, -0.1) is 0 Å². The van der Waals surface area contributed by atoms with Gasteiger partial charge in [-0.3, -0.25) is 15.4 Å². The largest absolute Gasteiger partial charge is 0.457 e. The number of ether oxygens (including phenoxy) is 4. The number of para-hydroxylation sites is 1. The highest BCUT2D eigenvalue weighted by molar-refractivity contribution is 5.84. The molecule has 0 saturated carbocycles. The van der Waals surface area contributed by atoms with Gasteiger partial charge in [0.2, 0.25) is 0 Å². The van der Waals surface area contributed by atoms with Crippen molar-refractivity contribution >= 4 is 17.5 Å². The zero-order valence-corrected chi connectivity index (χ0v) is 22.8. The minimum atomic E-state index is -5.91. The van der Waals surface area contributed by atoms with Gasteiger partial charge in [-0.1, -0.05) is 37.6 Å². The molecule has 1 amide bonds. The van der Waals surface area contributed by atoms with Crippen molar-refractivity contribution in [3.8, 4) is 11.5 Å². The van der Waals surface area contributed by atoms with E-state index in [1.54, 1.807) is 37.3 Å². The molecule has 0 aliphatic carbocycles. The molecular formula is C28H26F6N2O7. The van der Waals surface area contributed by atoms with Gasteiger partial charge in [0.25, 0.3) is 11.3 Å². The predicted molar refractivity (Wildman–Crippen MR) is 141 cm³/mol. The summed E-state index contributed by atoms with van der Waals surface area (Å²) in [5, 5.41) is 14.0. The van der Waals surface area contributed by atoms with Crippen LogP contribution >= 0.6 is 0 Å². The molecule has 0 spiro atoms. The van der Waals surface area contributed by atoms with Crippen LogP contribution in [0.3, 0.4) is 0 Å². The van der Waals surface area contributed by atoms with Crippen LogP contribution in [-0.2, 0) is 32.8 Å². The second kappa shape index (κ2) is 13.7. The van der Waals surface area contributed by atoms with Crippen LogP contribution in [0.2, 0.25) is 0 Å². The van der Waals surface area contributed by atoms with E-state index in [4.69, 9.17) is 9.47 Å². The first kappa shape index (κ1) is 33.1. The number of nitrogens with zero attached hydrogens (tertiary/aromatic N) is 1. The summed E-state index contributed by atoms with van der Waals surface area (Å²) in [7, 11) is 0.885. The molecule has 3 aromatic carbocycles. The Balaban J connectivity index is 1.95. The smallest absolute Gasteiger partial charge is 0.430 e. The van der Waals surface area contributed by atoms with E-state index in [1.807, 2.05) is 0 Å². The van der Waals surface area contributed by atoms with Crippen molar-refractivity contribution in [2.24, 2.45) is 0 Å². The minimum absolute atomic E-state index is 0.0157. The molecular weight excluding hydrogens is 590 g/mol. The van der Waals surface area contributed by atoms with Crippen LogP contribution in [-0.4, -0.2) is 37.3 Å². The van der Waals surface area contributed by atoms with Crippen LogP contribution in [0.5, 0.6) is 11.5 Å². The van der Waals surface area contributed by atoms with E-state index in [2.05, 4.69) is 14.8 Å². The first-order valence-corrected chi connectivity index (χ1v) is 12.6. The summed E-state index contributed by atoms with van der Waals surface area (Å²) in [4.78, 5) is 23.0. The number of nitro groups is 1. The van der Waals surface area contributed by atoms with E-state index in [0.717, 1.165) is 19.2 Å². The van der Waals surface area contributed by atoms with Gasteiger partial charge in [-0.25, -0.2) is 4.79 Å². The molecule has 232 valence electrons. The summed E-state index contributed by atoms with van der Waals surface area (Å²) >= 11 is 0. The number of halogens is 6. The zero-order chi connectivity index (χ0) is 31.8. The molecule has 9 nitrogen and oxygen atoms in total. The molecule has 0 bridgehead atoms. The van der Waals surface area contributed by atoms with E-state index in [0.29, 0.717) is 24.2 Å². The number of anilines is 1. The summed E-state index contributed by atoms with van der Waals surface area (Å²) in [5.41, 5.74) is -6.02. The molecule has 0 unspecified atom stereocenters. The maximum Gasteiger partial charge on any atom is 0.430 e. The Hall–Kier alpha value is -4.37. The minimum Gasteiger partial charge on any atom is -0.457 e. The third-order valence-electron chi connectivity index (χ3n) is 6.03. The first-order valence-electron chi connectivity index (χ1n) is 12.6. The van der Waals surface area contributed by atoms with Crippen molar-refractivity contribution in [2.75, 3.05) is 19.2 Å². The molecule has 15 heteroatoms. The summed E-state index contributed by atoms with van der Waals surface area (Å²) in [5.74, 6) is -0.149. The Morgan fingerprint density at radius 1 is 0.930 bits per heavy atom. The maximum atomic E-state index is 14.0. The van der Waals surface area contributed by atoms with Crippen LogP contribution < -0.4 is 10.1 Å². The van der Waals surface area contributed by atoms with E-state index >= 15 is 0 Å². The highest BCUT2D eigenvalue weighted by Gasteiger charge is 2.73. The topological polar surface area (TPSA) is 109 Å². The lowest BCUT2D eigenvalue weighted by molar-refractivity contribution is -0.400. The fourth-order valence-electron chi connectivity index (χ4n) is 4.11. The number of nitrogens with one attached hydrogen (secondary N) is 1. The molecule has 0 aliphatic heterocycles. The Kier molecular flexibility index (Phi) is 10.6. The zero-order valence-electron chi connectivity index (χ0n) is 22.8. The van der Waals surface area contributed by atoms with Crippen LogP contribution in [0.4, 0.5) is 42.5 Å². The second-order valence-corrected chi connectivity index (χ2v) is 9.02. The number of amides is 1. The summed E-state index contributed by atoms with van der Waals surface area (Å²) in [6.07, 6.45) is -12.4. The van der Waals surface area contributed by atoms with Crippen molar-refractivity contribution in [1.82, 2.24) is 0 Å². The number of aryl methyl sites for hydroxylation is 1. The lowest BCUT2D eigenvalue weighted by atomic mass is 9.89. The first-order chi connectivity index (χ1) is 20.2. The lowest BCUT2D eigenvalue weighted by Crippen LogP contribution is -2.56. The Morgan fingerprint density at radius 2 is 1.60 bits per heavy atom. The van der Waals surface area contributed by atoms with Gasteiger partial charge in [-0.05, 0) is 48.4 Å². The van der Waals surface area contributed by atoms with Crippen molar-refractivity contribution in [1.29, 1.82) is 0 Å². The quantitative estimate of drug-likeness (QED) is 0.0950. The molecule has 3 rings (SSSR count). The highest BCUT2D eigenvalue weighted by atomic mass is 19.4. The molecule has 0 aliphatic rings. The maximum absolute atomic E-state index is 14.0. The van der Waals surface area contributed by atoms with Gasteiger partial charge < -0.3 is 18.9 Å². The third kappa shape index (κ3) is 7.73. The Labute approximate surface area is 241 Å². The normalized spacial score (nSPS) is 12.1. The molecule has 0 fully saturated rings. The van der Waals surface area contributed by atoms with E-state index in [9.17, 15) is 41.3 Å². The summed E-state index contributed by atoms with van der Waals surface area (Å²) < 4.78 is 104. The van der Waals surface area contributed by atoms with Gasteiger partial charge in [0.1, 0.15) is 24.9 Å². The fourth-order valence-corrected chi connectivity index (χ4v) is 4.11. The van der Waals surface area contributed by atoms with Crippen molar-refractivity contribution < 1.29 is 55.0 Å². The molecule has 0 atom stereocenters. The molecule has 3 aromatic rings. The van der Waals surface area contributed by atoms with Crippen LogP contribution in [0.15, 0.2) is 66.7 Å². The van der Waals surface area contributed by atoms with Crippen molar-refractivity contribution in [2.45, 2.75) is 44.3 Å². The average molecular weight is 617 g/mol. The Bertz CT molecular complexity index is 1400. The summed E-state index contributed by atoms with van der Waals surface area (Å²) in [6.45, 7) is -0.193. The number of benzene rings is 3. The number of nitro benzene ring substituents is 1. The number of hydrogen-bond acceptors (Lipinski definition) is 7. The SMILES string of the molecule is CCCc1cc(C(OCOC)(C(F)(F)F)C(F)(F)F)ccc1Oc1ccc([N+](=O)[O-])c(COC(=O)Nc2ccccc2)c1. The number of carbonyl (C=O) groups is 1. The molecule has 0 aromatic heterocycles. The van der Waals surface area contributed by atoms with Crippen LogP contribution in [0.25, 0.3) is 0 Å². The molecule has 0 radical (unpaired) electrons. The number of carbonyl (C=O) groups excluding carboxylic acids is 1. The van der Waals surface area contributed by atoms with E-state index in [-0.39, 0.29) is 29.0 Å². The van der Waals surface area contributed by atoms with Gasteiger partial charge in [0, 0.05) is 24.4 Å². The number of rotatable bonds is 12. The predicted octanol–water partition coefficient (Wildman–Crippen LogP) is 8.03. The number of methoxy groups -OCH3 is 1. The van der Waals surface area contributed by atoms with Gasteiger partial charge >= 0.3 is 18.4 Å².